The van der Waals surface area contributed by atoms with Crippen LogP contribution in [0.1, 0.15) is 75.7 Å². The average Bonchev–Trinajstić information content (AvgIpc) is 3.27. The molecule has 41 heavy (non-hydrogen) atoms. The summed E-state index contributed by atoms with van der Waals surface area (Å²) >= 11 is 0. The molecule has 0 aromatic heterocycles. The summed E-state index contributed by atoms with van der Waals surface area (Å²) in [5, 5.41) is 3.00. The van der Waals surface area contributed by atoms with Gasteiger partial charge in [-0.3, -0.25) is 9.59 Å². The van der Waals surface area contributed by atoms with Crippen LogP contribution < -0.4 is 10.1 Å². The summed E-state index contributed by atoms with van der Waals surface area (Å²) in [6.07, 6.45) is -4.37. The van der Waals surface area contributed by atoms with Crippen molar-refractivity contribution in [2.75, 3.05) is 13.9 Å². The van der Waals surface area contributed by atoms with E-state index in [1.165, 1.54) is 13.2 Å². The van der Waals surface area contributed by atoms with Crippen molar-refractivity contribution >= 4 is 25.0 Å². The Balaban J connectivity index is 1.46. The highest BCUT2D eigenvalue weighted by molar-refractivity contribution is 6.48. The van der Waals surface area contributed by atoms with Crippen LogP contribution in [0.4, 0.5) is 13.2 Å². The minimum atomic E-state index is -4.50. The number of hydrogen-bond acceptors (Lipinski definition) is 8. The van der Waals surface area contributed by atoms with Crippen LogP contribution in [0.2, 0.25) is 0 Å². The summed E-state index contributed by atoms with van der Waals surface area (Å²) in [6.45, 7) is 7.51. The molecule has 4 aliphatic rings. The van der Waals surface area contributed by atoms with Gasteiger partial charge >= 0.3 is 25.2 Å². The summed E-state index contributed by atoms with van der Waals surface area (Å²) in [6, 6.07) is 4.79. The average molecular weight is 583 g/mol. The topological polar surface area (TPSA) is 109 Å². The molecule has 0 radical (unpaired) electrons. The molecule has 1 N–H and O–H groups in total. The molecule has 13 heteroatoms. The first-order valence-corrected chi connectivity index (χ1v) is 13.9. The fourth-order valence-corrected chi connectivity index (χ4v) is 6.52. The molecule has 1 heterocycles. The molecule has 1 amide bonds. The predicted molar refractivity (Wildman–Crippen MR) is 141 cm³/mol. The van der Waals surface area contributed by atoms with Crippen molar-refractivity contribution in [2.24, 2.45) is 17.3 Å². The van der Waals surface area contributed by atoms with Gasteiger partial charge in [0.1, 0.15) is 11.3 Å². The van der Waals surface area contributed by atoms with E-state index in [1.54, 1.807) is 19.1 Å². The smallest absolute Gasteiger partial charge is 0.482 e. The van der Waals surface area contributed by atoms with Crippen LogP contribution in [0.5, 0.6) is 5.75 Å². The quantitative estimate of drug-likeness (QED) is 0.232. The van der Waals surface area contributed by atoms with Crippen LogP contribution in [0.3, 0.4) is 0 Å². The first-order chi connectivity index (χ1) is 19.2. The summed E-state index contributed by atoms with van der Waals surface area (Å²) in [5.41, 5.74) is 0.262. The number of carbonyl (C=O) groups is 3. The van der Waals surface area contributed by atoms with Gasteiger partial charge < -0.3 is 28.8 Å². The Labute approximate surface area is 237 Å². The van der Waals surface area contributed by atoms with Crippen LogP contribution in [0.15, 0.2) is 18.2 Å². The largest absolute Gasteiger partial charge is 0.496 e. The number of nitrogens with one attached hydrogen (secondary N) is 1. The van der Waals surface area contributed by atoms with E-state index in [0.29, 0.717) is 17.4 Å². The third-order valence-corrected chi connectivity index (χ3v) is 8.95. The maximum absolute atomic E-state index is 12.8. The van der Waals surface area contributed by atoms with E-state index in [9.17, 15) is 27.6 Å². The number of carbonyl (C=O) groups excluding carboxylic acids is 3. The first-order valence-electron chi connectivity index (χ1n) is 13.9. The number of halogens is 3. The first kappa shape index (κ1) is 31.1. The summed E-state index contributed by atoms with van der Waals surface area (Å²) in [4.78, 5) is 36.8. The third kappa shape index (κ3) is 6.50. The van der Waals surface area contributed by atoms with Crippen molar-refractivity contribution < 1.29 is 51.1 Å². The number of esters is 2. The standard InChI is InChI=1S/C28H37BF3NO8/c1-6-22(34)33-21(29-40-20-14-17-13-19(26(17,2)3)27(20,4)41-29)12-16-8-7-9-18(24(16)37-5)25(36)39-15-38-23(35)10-11-28(30,31)32/h7-9,17,19-21H,6,10-15H2,1-5H3,(H,33,34). The Kier molecular flexibility index (Phi) is 8.99. The summed E-state index contributed by atoms with van der Waals surface area (Å²) < 4.78 is 65.0. The molecule has 1 aromatic carbocycles. The molecule has 1 aromatic rings. The monoisotopic (exact) mass is 583 g/mol. The van der Waals surface area contributed by atoms with Gasteiger partial charge in [0.15, 0.2) is 0 Å². The van der Waals surface area contributed by atoms with Gasteiger partial charge in [0, 0.05) is 6.42 Å². The Hall–Kier alpha value is -2.80. The van der Waals surface area contributed by atoms with Gasteiger partial charge in [-0.2, -0.15) is 13.2 Å². The lowest BCUT2D eigenvalue weighted by Crippen LogP contribution is -2.65. The molecule has 226 valence electrons. The molecule has 5 atom stereocenters. The lowest BCUT2D eigenvalue weighted by Gasteiger charge is -2.64. The second-order valence-electron chi connectivity index (χ2n) is 11.7. The maximum atomic E-state index is 12.8. The Morgan fingerprint density at radius 1 is 1.17 bits per heavy atom. The molecule has 9 nitrogen and oxygen atoms in total. The SMILES string of the molecule is CCC(=O)NC(Cc1cccc(C(=O)OCOC(=O)CCC(F)(F)F)c1OC)B1OC2CC3CC(C3(C)C)C2(C)O1. The molecule has 2 bridgehead atoms. The fourth-order valence-electron chi connectivity index (χ4n) is 6.52. The van der Waals surface area contributed by atoms with Crippen LogP contribution in [0.25, 0.3) is 0 Å². The van der Waals surface area contributed by atoms with Gasteiger partial charge in [0.25, 0.3) is 0 Å². The number of methoxy groups -OCH3 is 1. The van der Waals surface area contributed by atoms with Crippen LogP contribution in [0, 0.1) is 17.3 Å². The Bertz CT molecular complexity index is 1160. The van der Waals surface area contributed by atoms with Gasteiger partial charge in [-0.25, -0.2) is 4.79 Å². The minimum absolute atomic E-state index is 0.0216. The van der Waals surface area contributed by atoms with Gasteiger partial charge in [0.2, 0.25) is 12.7 Å². The lowest BCUT2D eigenvalue weighted by atomic mass is 9.43. The maximum Gasteiger partial charge on any atom is 0.482 e. The number of benzene rings is 1. The molecular weight excluding hydrogens is 546 g/mol. The predicted octanol–water partition coefficient (Wildman–Crippen LogP) is 4.40. The molecule has 0 spiro atoms. The molecule has 1 saturated heterocycles. The molecule has 1 aliphatic heterocycles. The van der Waals surface area contributed by atoms with Crippen molar-refractivity contribution in [1.29, 1.82) is 0 Å². The van der Waals surface area contributed by atoms with Crippen molar-refractivity contribution in [2.45, 2.75) is 90.0 Å². The summed E-state index contributed by atoms with van der Waals surface area (Å²) in [5.74, 6) is -1.73. The lowest BCUT2D eigenvalue weighted by molar-refractivity contribution is -0.199. The minimum Gasteiger partial charge on any atom is -0.496 e. The van der Waals surface area contributed by atoms with Gasteiger partial charge in [-0.05, 0) is 55.1 Å². The van der Waals surface area contributed by atoms with E-state index in [0.717, 1.165) is 12.8 Å². The van der Waals surface area contributed by atoms with Crippen LogP contribution >= 0.6 is 0 Å². The number of hydrogen-bond donors (Lipinski definition) is 1. The highest BCUT2D eigenvalue weighted by Gasteiger charge is 2.68. The highest BCUT2D eigenvalue weighted by atomic mass is 19.4. The van der Waals surface area contributed by atoms with E-state index >= 15 is 0 Å². The molecule has 3 saturated carbocycles. The van der Waals surface area contributed by atoms with Crippen molar-refractivity contribution in [3.05, 3.63) is 29.3 Å². The van der Waals surface area contributed by atoms with E-state index in [2.05, 4.69) is 30.8 Å². The molecule has 5 rings (SSSR count). The summed E-state index contributed by atoms with van der Waals surface area (Å²) in [7, 11) is 0.659. The zero-order valence-electron chi connectivity index (χ0n) is 24.0. The second-order valence-corrected chi connectivity index (χ2v) is 11.7. The van der Waals surface area contributed by atoms with Gasteiger partial charge in [0.05, 0.1) is 37.6 Å². The van der Waals surface area contributed by atoms with Crippen LogP contribution in [-0.4, -0.2) is 62.7 Å². The zero-order chi connectivity index (χ0) is 30.2. The number of ether oxygens (including phenoxy) is 3. The van der Waals surface area contributed by atoms with E-state index in [-0.39, 0.29) is 41.6 Å². The van der Waals surface area contributed by atoms with Crippen molar-refractivity contribution in [1.82, 2.24) is 5.32 Å². The highest BCUT2D eigenvalue weighted by Crippen LogP contribution is 2.65. The Morgan fingerprint density at radius 3 is 2.54 bits per heavy atom. The third-order valence-electron chi connectivity index (χ3n) is 8.95. The normalized spacial score (nSPS) is 26.8. The molecule has 3 aliphatic carbocycles. The van der Waals surface area contributed by atoms with Crippen molar-refractivity contribution in [3.8, 4) is 5.75 Å². The number of alkyl halides is 3. The zero-order valence-corrected chi connectivity index (χ0v) is 24.0. The molecule has 4 fully saturated rings. The number of rotatable bonds is 11. The molecular formula is C28H37BF3NO8. The van der Waals surface area contributed by atoms with Gasteiger partial charge in [-0.15, -0.1) is 0 Å². The van der Waals surface area contributed by atoms with E-state index in [1.807, 2.05) is 0 Å². The fraction of sp³-hybridized carbons (Fsp3) is 0.679. The number of amides is 1. The van der Waals surface area contributed by atoms with Gasteiger partial charge in [-0.1, -0.05) is 32.9 Å². The van der Waals surface area contributed by atoms with E-state index in [4.69, 9.17) is 18.8 Å². The van der Waals surface area contributed by atoms with Crippen molar-refractivity contribution in [3.63, 3.8) is 0 Å². The van der Waals surface area contributed by atoms with E-state index < -0.39 is 56.4 Å². The molecule has 5 unspecified atom stereocenters. The number of para-hydroxylation sites is 1. The Morgan fingerprint density at radius 2 is 1.90 bits per heavy atom. The second kappa shape index (κ2) is 11.8. The van der Waals surface area contributed by atoms with Crippen LogP contribution in [-0.2, 0) is 34.8 Å².